The van der Waals surface area contributed by atoms with Gasteiger partial charge in [0.1, 0.15) is 18.5 Å². The fourth-order valence-electron chi connectivity index (χ4n) is 1.17. The van der Waals surface area contributed by atoms with Gasteiger partial charge in [-0.2, -0.15) is 13.2 Å². The highest BCUT2D eigenvalue weighted by atomic mass is 19.4. The van der Waals surface area contributed by atoms with Crippen LogP contribution in [0.5, 0.6) is 0 Å². The van der Waals surface area contributed by atoms with E-state index in [1.165, 1.54) is 6.07 Å². The summed E-state index contributed by atoms with van der Waals surface area (Å²) in [6, 6.07) is 3.48. The maximum absolute atomic E-state index is 13.3. The van der Waals surface area contributed by atoms with Crippen LogP contribution in [0.4, 0.5) is 28.9 Å². The summed E-state index contributed by atoms with van der Waals surface area (Å²) < 4.78 is 53.3. The minimum absolute atomic E-state index is 0.209. The number of rotatable bonds is 4. The molecular formula is C11H12F4N2O2. The van der Waals surface area contributed by atoms with Crippen molar-refractivity contribution >= 4 is 17.3 Å². The first-order chi connectivity index (χ1) is 8.69. The van der Waals surface area contributed by atoms with E-state index in [-0.39, 0.29) is 11.4 Å². The van der Waals surface area contributed by atoms with E-state index in [1.807, 2.05) is 0 Å². The molecule has 0 saturated heterocycles. The Labute approximate surface area is 106 Å². The highest BCUT2D eigenvalue weighted by Crippen LogP contribution is 2.19. The van der Waals surface area contributed by atoms with Crippen molar-refractivity contribution in [3.05, 3.63) is 24.0 Å². The first kappa shape index (κ1) is 15.2. The van der Waals surface area contributed by atoms with E-state index in [0.29, 0.717) is 0 Å². The number of alkyl halides is 3. The molecule has 19 heavy (non-hydrogen) atoms. The summed E-state index contributed by atoms with van der Waals surface area (Å²) in [7, 11) is 0. The molecule has 0 heterocycles. The lowest BCUT2D eigenvalue weighted by atomic mass is 10.2. The van der Waals surface area contributed by atoms with E-state index in [4.69, 9.17) is 5.73 Å². The lowest BCUT2D eigenvalue weighted by Crippen LogP contribution is -2.31. The third kappa shape index (κ3) is 5.12. The maximum Gasteiger partial charge on any atom is 0.411 e. The number of benzene rings is 1. The molecule has 0 aliphatic heterocycles. The van der Waals surface area contributed by atoms with Crippen molar-refractivity contribution in [2.75, 3.05) is 17.7 Å². The molecule has 0 spiro atoms. The third-order valence-electron chi connectivity index (χ3n) is 2.11. The minimum atomic E-state index is -4.53. The van der Waals surface area contributed by atoms with Crippen molar-refractivity contribution in [1.82, 2.24) is 0 Å². The number of hydrogen-bond donors (Lipinski definition) is 2. The molecule has 1 rings (SSSR count). The molecule has 0 aliphatic rings. The van der Waals surface area contributed by atoms with Gasteiger partial charge in [0.05, 0.1) is 5.69 Å². The molecule has 1 atom stereocenters. The topological polar surface area (TPSA) is 64.3 Å². The largest absolute Gasteiger partial charge is 0.411 e. The molecule has 0 aromatic heterocycles. The molecular weight excluding hydrogens is 268 g/mol. The quantitative estimate of drug-likeness (QED) is 0.657. The van der Waals surface area contributed by atoms with E-state index in [0.717, 1.165) is 19.1 Å². The third-order valence-corrected chi connectivity index (χ3v) is 2.11. The second kappa shape index (κ2) is 5.87. The standard InChI is InChI=1S/C11H12F4N2O2/c1-6(19-5-11(13,14)15)10(18)17-9-4-7(16)2-3-8(9)12/h2-4,6H,5,16H2,1H3,(H,17,18). The van der Waals surface area contributed by atoms with Crippen molar-refractivity contribution < 1.29 is 27.1 Å². The number of nitrogens with one attached hydrogen (secondary N) is 1. The Morgan fingerprint density at radius 3 is 2.68 bits per heavy atom. The zero-order chi connectivity index (χ0) is 14.6. The fourth-order valence-corrected chi connectivity index (χ4v) is 1.17. The van der Waals surface area contributed by atoms with Gasteiger partial charge in [0.15, 0.2) is 0 Å². The molecule has 1 aromatic carbocycles. The average Bonchev–Trinajstić information content (AvgIpc) is 2.29. The average molecular weight is 280 g/mol. The van der Waals surface area contributed by atoms with E-state index >= 15 is 0 Å². The normalized spacial score (nSPS) is 13.1. The van der Waals surface area contributed by atoms with Crippen molar-refractivity contribution in [3.8, 4) is 0 Å². The molecule has 0 radical (unpaired) electrons. The van der Waals surface area contributed by atoms with Gasteiger partial charge in [-0.3, -0.25) is 4.79 Å². The second-order valence-corrected chi connectivity index (χ2v) is 3.80. The van der Waals surface area contributed by atoms with Crippen molar-refractivity contribution in [3.63, 3.8) is 0 Å². The Hall–Kier alpha value is -1.83. The number of hydrogen-bond acceptors (Lipinski definition) is 3. The van der Waals surface area contributed by atoms with E-state index in [9.17, 15) is 22.4 Å². The summed E-state index contributed by atoms with van der Waals surface area (Å²) in [4.78, 5) is 11.5. The van der Waals surface area contributed by atoms with Gasteiger partial charge < -0.3 is 15.8 Å². The Morgan fingerprint density at radius 1 is 1.47 bits per heavy atom. The van der Waals surface area contributed by atoms with Gasteiger partial charge >= 0.3 is 6.18 Å². The van der Waals surface area contributed by atoms with E-state index < -0.39 is 30.6 Å². The zero-order valence-corrected chi connectivity index (χ0v) is 9.92. The number of nitrogen functional groups attached to an aromatic ring is 1. The predicted octanol–water partition coefficient (Wildman–Crippen LogP) is 2.31. The van der Waals surface area contributed by atoms with Gasteiger partial charge in [0.2, 0.25) is 0 Å². The Kier molecular flexibility index (Phi) is 4.71. The number of ether oxygens (including phenoxy) is 1. The van der Waals surface area contributed by atoms with Crippen LogP contribution in [-0.4, -0.2) is 24.8 Å². The van der Waals surface area contributed by atoms with Crippen LogP contribution >= 0.6 is 0 Å². The van der Waals surface area contributed by atoms with Crippen LogP contribution in [0.3, 0.4) is 0 Å². The van der Waals surface area contributed by atoms with Crippen molar-refractivity contribution in [1.29, 1.82) is 0 Å². The smallest absolute Gasteiger partial charge is 0.399 e. The van der Waals surface area contributed by atoms with Crippen LogP contribution in [0.25, 0.3) is 0 Å². The van der Waals surface area contributed by atoms with Crippen molar-refractivity contribution in [2.24, 2.45) is 0 Å². The second-order valence-electron chi connectivity index (χ2n) is 3.80. The Morgan fingerprint density at radius 2 is 2.11 bits per heavy atom. The molecule has 0 saturated carbocycles. The van der Waals surface area contributed by atoms with Gasteiger partial charge in [-0.05, 0) is 25.1 Å². The summed E-state index contributed by atoms with van der Waals surface area (Å²) in [5.41, 5.74) is 5.39. The molecule has 0 fully saturated rings. The van der Waals surface area contributed by atoms with Crippen LogP contribution in [0.2, 0.25) is 0 Å². The monoisotopic (exact) mass is 280 g/mol. The van der Waals surface area contributed by atoms with Crippen LogP contribution in [0.15, 0.2) is 18.2 Å². The molecule has 8 heteroatoms. The summed E-state index contributed by atoms with van der Waals surface area (Å²) in [6.07, 6.45) is -5.90. The molecule has 106 valence electrons. The number of carbonyl (C=O) groups is 1. The van der Waals surface area contributed by atoms with Gasteiger partial charge in [-0.25, -0.2) is 4.39 Å². The summed E-state index contributed by atoms with van der Waals surface area (Å²) >= 11 is 0. The van der Waals surface area contributed by atoms with Gasteiger partial charge in [-0.1, -0.05) is 0 Å². The molecule has 3 N–H and O–H groups in total. The number of carbonyl (C=O) groups excluding carboxylic acids is 1. The van der Waals surface area contributed by atoms with Crippen LogP contribution in [-0.2, 0) is 9.53 Å². The number of nitrogens with two attached hydrogens (primary N) is 1. The highest BCUT2D eigenvalue weighted by Gasteiger charge is 2.30. The minimum Gasteiger partial charge on any atom is -0.399 e. The van der Waals surface area contributed by atoms with E-state index in [1.54, 1.807) is 0 Å². The van der Waals surface area contributed by atoms with Crippen molar-refractivity contribution in [2.45, 2.75) is 19.2 Å². The predicted molar refractivity (Wildman–Crippen MR) is 60.9 cm³/mol. The summed E-state index contributed by atoms with van der Waals surface area (Å²) in [5, 5.41) is 2.10. The van der Waals surface area contributed by atoms with Crippen LogP contribution < -0.4 is 11.1 Å². The summed E-state index contributed by atoms with van der Waals surface area (Å²) in [5.74, 6) is -1.64. The molecule has 4 nitrogen and oxygen atoms in total. The SMILES string of the molecule is CC(OCC(F)(F)F)C(=O)Nc1cc(N)ccc1F. The molecule has 1 unspecified atom stereocenters. The first-order valence-electron chi connectivity index (χ1n) is 5.23. The van der Waals surface area contributed by atoms with E-state index in [2.05, 4.69) is 10.1 Å². The first-order valence-corrected chi connectivity index (χ1v) is 5.23. The van der Waals surface area contributed by atoms with Gasteiger partial charge in [0, 0.05) is 5.69 Å². The zero-order valence-electron chi connectivity index (χ0n) is 9.92. The van der Waals surface area contributed by atoms with Crippen LogP contribution in [0.1, 0.15) is 6.92 Å². The van der Waals surface area contributed by atoms with Gasteiger partial charge in [0.25, 0.3) is 5.91 Å². The van der Waals surface area contributed by atoms with Crippen LogP contribution in [0, 0.1) is 5.82 Å². The number of halogens is 4. The van der Waals surface area contributed by atoms with Gasteiger partial charge in [-0.15, -0.1) is 0 Å². The Balaban J connectivity index is 2.61. The molecule has 1 amide bonds. The maximum atomic E-state index is 13.3. The molecule has 1 aromatic rings. The number of anilines is 2. The lowest BCUT2D eigenvalue weighted by Gasteiger charge is -2.15. The Bertz CT molecular complexity index is 462. The summed E-state index contributed by atoms with van der Waals surface area (Å²) in [6.45, 7) is -0.424. The fraction of sp³-hybridized carbons (Fsp3) is 0.364. The number of amides is 1. The molecule has 0 bridgehead atoms. The highest BCUT2D eigenvalue weighted by molar-refractivity contribution is 5.94. The lowest BCUT2D eigenvalue weighted by molar-refractivity contribution is -0.184. The molecule has 0 aliphatic carbocycles.